The van der Waals surface area contributed by atoms with Crippen LogP contribution in [0.3, 0.4) is 0 Å². The molecule has 21 aromatic carbocycles. The summed E-state index contributed by atoms with van der Waals surface area (Å²) < 4.78 is 6.52. The van der Waals surface area contributed by atoms with Crippen molar-refractivity contribution in [2.24, 2.45) is 0 Å². The summed E-state index contributed by atoms with van der Waals surface area (Å²) in [6, 6.07) is 148. The fraction of sp³-hybridized carbons (Fsp3) is 0.0517. The zero-order chi connectivity index (χ0) is 77.8. The Morgan fingerprint density at radius 1 is 0.154 bits per heavy atom. The molecule has 0 amide bonds. The van der Waals surface area contributed by atoms with Crippen molar-refractivity contribution in [3.05, 3.63) is 423 Å². The van der Waals surface area contributed by atoms with Crippen LogP contribution in [0.4, 0.5) is 0 Å². The fourth-order valence-electron chi connectivity index (χ4n) is 21.2. The first-order valence-corrected chi connectivity index (χ1v) is 41.0. The molecule has 1 heteroatoms. The third kappa shape index (κ3) is 10.4. The van der Waals surface area contributed by atoms with Gasteiger partial charge in [-0.15, -0.1) is 0 Å². The Kier molecular flexibility index (Phi) is 15.5. The Morgan fingerprint density at radius 3 is 0.778 bits per heavy atom. The molecular weight excluding hydrogens is 1410 g/mol. The minimum Gasteiger partial charge on any atom is -0.455 e. The van der Waals surface area contributed by atoms with Crippen LogP contribution in [0.1, 0.15) is 49.9 Å². The summed E-state index contributed by atoms with van der Waals surface area (Å²) in [6.45, 7) is 9.72. The number of fused-ring (bicyclic) bond motifs is 23. The average Bonchev–Trinajstić information content (AvgIpc) is 1.57. The van der Waals surface area contributed by atoms with Gasteiger partial charge in [-0.25, -0.2) is 0 Å². The van der Waals surface area contributed by atoms with Crippen LogP contribution in [-0.2, 0) is 10.8 Å². The van der Waals surface area contributed by atoms with Gasteiger partial charge < -0.3 is 4.42 Å². The first-order valence-electron chi connectivity index (χ1n) is 41.0. The molecule has 117 heavy (non-hydrogen) atoms. The molecule has 0 N–H and O–H groups in total. The Balaban J connectivity index is 0.000000139. The molecule has 548 valence electrons. The van der Waals surface area contributed by atoms with Crippen LogP contribution in [-0.4, -0.2) is 0 Å². The third-order valence-electron chi connectivity index (χ3n) is 25.9. The zero-order valence-electron chi connectivity index (χ0n) is 65.5. The highest BCUT2D eigenvalue weighted by Crippen LogP contribution is 2.60. The van der Waals surface area contributed by atoms with E-state index in [-0.39, 0.29) is 10.8 Å². The topological polar surface area (TPSA) is 13.1 Å². The molecule has 24 rings (SSSR count). The monoisotopic (exact) mass is 1490 g/mol. The van der Waals surface area contributed by atoms with Gasteiger partial charge in [0.1, 0.15) is 11.2 Å². The number of hydrogen-bond donors (Lipinski definition) is 0. The zero-order valence-corrected chi connectivity index (χ0v) is 65.5. The van der Waals surface area contributed by atoms with Gasteiger partial charge in [0, 0.05) is 27.2 Å². The van der Waals surface area contributed by atoms with Gasteiger partial charge in [0.25, 0.3) is 0 Å². The van der Waals surface area contributed by atoms with Gasteiger partial charge in [-0.3, -0.25) is 0 Å². The standard InChI is InChI=1S/C61H40O.C55H38/c1-61(2)58-41(30-15-33-53(58)57-46-24-5-3-21-43(46)44-22-4-10-29-51(44)59(57)61)37-17-13-19-39(35-37)55-47-25-6-8-27-49(47)56(50-28-9-7-26-48(50)55)40-20-14-18-38(36-40)42-31-16-32-52-45-23-11-12-34-54(45)62-60(42)52;1-55(2)53-40(31-16-32-49(53)52-43-25-8-6-23-41(43)42-24-7-13-30-48(42)54(52)55)37-20-15-22-39(34-37)51-46-28-11-9-26-44(46)50(45-27-10-12-29-47(45)51)38-21-14-19-36(33-38)35-17-4-3-5-18-35/h3-36H,1-2H3;3-34H,1-2H3. The Labute approximate surface area is 680 Å². The van der Waals surface area contributed by atoms with Crippen molar-refractivity contribution >= 4 is 108 Å². The number of hydrogen-bond acceptors (Lipinski definition) is 1. The lowest BCUT2D eigenvalue weighted by atomic mass is 9.76. The summed E-state index contributed by atoms with van der Waals surface area (Å²) in [5.41, 5.74) is 32.3. The maximum absolute atomic E-state index is 6.52. The van der Waals surface area contributed by atoms with Crippen LogP contribution >= 0.6 is 0 Å². The van der Waals surface area contributed by atoms with Crippen molar-refractivity contribution in [3.8, 4) is 111 Å². The molecular formula is C116H78O. The molecule has 1 nitrogen and oxygen atoms in total. The van der Waals surface area contributed by atoms with E-state index in [9.17, 15) is 0 Å². The Hall–Kier alpha value is -14.5. The van der Waals surface area contributed by atoms with E-state index in [1.165, 1.54) is 209 Å². The molecule has 1 aromatic heterocycles. The molecule has 0 aliphatic heterocycles. The molecule has 0 saturated carbocycles. The van der Waals surface area contributed by atoms with Crippen molar-refractivity contribution in [1.82, 2.24) is 0 Å². The number of furan rings is 1. The van der Waals surface area contributed by atoms with E-state index in [0.29, 0.717) is 0 Å². The average molecular weight is 1490 g/mol. The number of rotatable bonds is 8. The summed E-state index contributed by atoms with van der Waals surface area (Å²) in [5, 5.41) is 23.0. The van der Waals surface area contributed by atoms with Gasteiger partial charge in [-0.05, 0) is 244 Å². The van der Waals surface area contributed by atoms with E-state index >= 15 is 0 Å². The summed E-state index contributed by atoms with van der Waals surface area (Å²) in [4.78, 5) is 0. The quantitative estimate of drug-likeness (QED) is 0.109. The second-order valence-electron chi connectivity index (χ2n) is 33.0. The summed E-state index contributed by atoms with van der Waals surface area (Å²) in [6.07, 6.45) is 0. The SMILES string of the molecule is CC1(C)c2c(-c3cccc(-c4c5ccccc5c(-c5cccc(-c6cccc7c6oc6ccccc67)c5)c5ccccc45)c3)cccc2-c2c1c1ccccc1c1ccccc21.CC1(C)c2c(-c3cccc(-c4c5ccccc5c(-c5cccc(-c6ccccc6)c5)c5ccccc45)c3)cccc2-c2c1c1ccccc1c1ccccc21. The molecule has 0 unspecified atom stereocenters. The van der Waals surface area contributed by atoms with E-state index in [2.05, 4.69) is 422 Å². The summed E-state index contributed by atoms with van der Waals surface area (Å²) in [5.74, 6) is 0. The molecule has 0 saturated heterocycles. The van der Waals surface area contributed by atoms with Gasteiger partial charge in [0.15, 0.2) is 0 Å². The van der Waals surface area contributed by atoms with Gasteiger partial charge >= 0.3 is 0 Å². The summed E-state index contributed by atoms with van der Waals surface area (Å²) >= 11 is 0. The van der Waals surface area contributed by atoms with Gasteiger partial charge in [-0.1, -0.05) is 398 Å². The molecule has 2 aliphatic carbocycles. The van der Waals surface area contributed by atoms with E-state index in [1.807, 2.05) is 6.07 Å². The van der Waals surface area contributed by atoms with Crippen molar-refractivity contribution in [1.29, 1.82) is 0 Å². The highest BCUT2D eigenvalue weighted by molar-refractivity contribution is 6.25. The predicted molar refractivity (Wildman–Crippen MR) is 499 cm³/mol. The molecule has 0 fully saturated rings. The first kappa shape index (κ1) is 68.1. The minimum absolute atomic E-state index is 0.198. The second kappa shape index (κ2) is 26.6. The molecule has 22 aromatic rings. The van der Waals surface area contributed by atoms with Gasteiger partial charge in [0.05, 0.1) is 0 Å². The second-order valence-corrected chi connectivity index (χ2v) is 33.0. The lowest BCUT2D eigenvalue weighted by molar-refractivity contribution is 0.668. The molecule has 0 atom stereocenters. The van der Waals surface area contributed by atoms with Crippen LogP contribution in [0, 0.1) is 0 Å². The van der Waals surface area contributed by atoms with Crippen LogP contribution in [0.15, 0.2) is 405 Å². The minimum atomic E-state index is -0.216. The van der Waals surface area contributed by atoms with Crippen LogP contribution < -0.4 is 0 Å². The molecule has 1 heterocycles. The predicted octanol–water partition coefficient (Wildman–Crippen LogP) is 32.4. The maximum Gasteiger partial charge on any atom is 0.143 e. The molecule has 0 spiro atoms. The van der Waals surface area contributed by atoms with Gasteiger partial charge in [0.2, 0.25) is 0 Å². The maximum atomic E-state index is 6.52. The van der Waals surface area contributed by atoms with Crippen molar-refractivity contribution < 1.29 is 4.42 Å². The van der Waals surface area contributed by atoms with Crippen molar-refractivity contribution in [2.45, 2.75) is 38.5 Å². The lowest BCUT2D eigenvalue weighted by Gasteiger charge is -2.26. The largest absolute Gasteiger partial charge is 0.455 e. The molecule has 0 radical (unpaired) electrons. The smallest absolute Gasteiger partial charge is 0.143 e. The first-order chi connectivity index (χ1) is 57.6. The van der Waals surface area contributed by atoms with Gasteiger partial charge in [-0.2, -0.15) is 0 Å². The third-order valence-corrected chi connectivity index (χ3v) is 25.9. The van der Waals surface area contributed by atoms with E-state index in [1.54, 1.807) is 0 Å². The number of benzene rings is 21. The number of para-hydroxylation sites is 2. The van der Waals surface area contributed by atoms with E-state index < -0.39 is 0 Å². The lowest BCUT2D eigenvalue weighted by Crippen LogP contribution is -2.17. The molecule has 0 bridgehead atoms. The van der Waals surface area contributed by atoms with E-state index in [0.717, 1.165) is 33.1 Å². The van der Waals surface area contributed by atoms with Crippen LogP contribution in [0.25, 0.3) is 219 Å². The van der Waals surface area contributed by atoms with E-state index in [4.69, 9.17) is 4.42 Å². The highest BCUT2D eigenvalue weighted by atomic mass is 16.3. The van der Waals surface area contributed by atoms with Crippen molar-refractivity contribution in [3.63, 3.8) is 0 Å². The normalized spacial score (nSPS) is 13.1. The Bertz CT molecular complexity index is 7820. The highest BCUT2D eigenvalue weighted by Gasteiger charge is 2.42. The fourth-order valence-corrected chi connectivity index (χ4v) is 21.2. The van der Waals surface area contributed by atoms with Crippen LogP contribution in [0.5, 0.6) is 0 Å². The summed E-state index contributed by atoms with van der Waals surface area (Å²) in [7, 11) is 0. The Morgan fingerprint density at radius 2 is 0.393 bits per heavy atom. The van der Waals surface area contributed by atoms with Crippen molar-refractivity contribution in [2.75, 3.05) is 0 Å². The molecule has 2 aliphatic rings. The van der Waals surface area contributed by atoms with Crippen LogP contribution in [0.2, 0.25) is 0 Å².